The number of nitrogens with zero attached hydrogens (tertiary/aromatic N) is 2. The fourth-order valence-electron chi connectivity index (χ4n) is 3.03. The van der Waals surface area contributed by atoms with E-state index in [0.29, 0.717) is 29.7 Å². The third kappa shape index (κ3) is 4.41. The lowest BCUT2D eigenvalue weighted by atomic mass is 10.1. The van der Waals surface area contributed by atoms with Crippen LogP contribution in [0.15, 0.2) is 42.5 Å². The first-order valence-corrected chi connectivity index (χ1v) is 9.06. The normalized spacial score (nSPS) is 10.7. The molecule has 3 aromatic rings. The van der Waals surface area contributed by atoms with Crippen LogP contribution in [-0.2, 0) is 11.3 Å². The molecule has 7 heteroatoms. The smallest absolute Gasteiger partial charge is 0.348 e. The summed E-state index contributed by atoms with van der Waals surface area (Å²) in [5.74, 6) is 0.691. The highest BCUT2D eigenvalue weighted by atomic mass is 16.5. The molecule has 2 aromatic carbocycles. The Hall–Kier alpha value is -3.32. The van der Waals surface area contributed by atoms with Gasteiger partial charge in [0.25, 0.3) is 0 Å². The lowest BCUT2D eigenvalue weighted by molar-refractivity contribution is 0.0719. The van der Waals surface area contributed by atoms with Crippen LogP contribution in [0.3, 0.4) is 0 Å². The fourth-order valence-corrected chi connectivity index (χ4v) is 3.03. The third-order valence-corrected chi connectivity index (χ3v) is 4.43. The molecule has 29 heavy (non-hydrogen) atoms. The molecule has 7 nitrogen and oxygen atoms in total. The molecule has 0 saturated carbocycles. The van der Waals surface area contributed by atoms with E-state index in [1.54, 1.807) is 43.2 Å². The summed E-state index contributed by atoms with van der Waals surface area (Å²) in [5, 5.41) is 4.54. The van der Waals surface area contributed by atoms with Crippen molar-refractivity contribution in [3.63, 3.8) is 0 Å². The Morgan fingerprint density at radius 1 is 1.00 bits per heavy atom. The van der Waals surface area contributed by atoms with Crippen molar-refractivity contribution in [2.75, 3.05) is 21.3 Å². The van der Waals surface area contributed by atoms with Gasteiger partial charge >= 0.3 is 5.97 Å². The number of rotatable bonds is 7. The van der Waals surface area contributed by atoms with Gasteiger partial charge in [-0.3, -0.25) is 0 Å². The monoisotopic (exact) mass is 396 g/mol. The molecule has 0 spiro atoms. The summed E-state index contributed by atoms with van der Waals surface area (Å²) in [5.41, 5.74) is 3.91. The minimum Gasteiger partial charge on any atom is -0.497 e. The van der Waals surface area contributed by atoms with Gasteiger partial charge in [0.05, 0.1) is 32.2 Å². The Kier molecular flexibility index (Phi) is 6.19. The van der Waals surface area contributed by atoms with Gasteiger partial charge in [-0.2, -0.15) is 9.78 Å². The summed E-state index contributed by atoms with van der Waals surface area (Å²) in [7, 11) is 4.62. The molecule has 0 atom stereocenters. The average molecular weight is 396 g/mol. The van der Waals surface area contributed by atoms with Crippen molar-refractivity contribution in [3.05, 3.63) is 64.8 Å². The van der Waals surface area contributed by atoms with Crippen molar-refractivity contribution >= 4 is 5.97 Å². The van der Waals surface area contributed by atoms with Gasteiger partial charge in [-0.15, -0.1) is 0 Å². The first-order chi connectivity index (χ1) is 14.0. The van der Waals surface area contributed by atoms with Crippen molar-refractivity contribution in [1.82, 2.24) is 9.78 Å². The maximum absolute atomic E-state index is 12.9. The summed E-state index contributed by atoms with van der Waals surface area (Å²) in [6.45, 7) is 4.31. The Morgan fingerprint density at radius 2 is 1.79 bits per heavy atom. The van der Waals surface area contributed by atoms with Crippen LogP contribution in [0.2, 0.25) is 0 Å². The number of aromatic nitrogens is 2. The summed E-state index contributed by atoms with van der Waals surface area (Å²) in [6, 6.07) is 12.6. The van der Waals surface area contributed by atoms with Gasteiger partial charge < -0.3 is 18.9 Å². The molecule has 0 aliphatic rings. The predicted molar refractivity (Wildman–Crippen MR) is 108 cm³/mol. The molecule has 0 fully saturated rings. The molecule has 0 bridgehead atoms. The van der Waals surface area contributed by atoms with Crippen molar-refractivity contribution < 1.29 is 23.7 Å². The number of methoxy groups -OCH3 is 3. The number of benzene rings is 2. The minimum atomic E-state index is -0.556. The van der Waals surface area contributed by atoms with Gasteiger partial charge in [-0.1, -0.05) is 17.7 Å². The minimum absolute atomic E-state index is 0.287. The van der Waals surface area contributed by atoms with Crippen molar-refractivity contribution in [3.8, 4) is 23.1 Å². The zero-order chi connectivity index (χ0) is 21.0. The van der Waals surface area contributed by atoms with Crippen LogP contribution in [0.4, 0.5) is 0 Å². The lowest BCUT2D eigenvalue weighted by Gasteiger charge is -2.12. The van der Waals surface area contributed by atoms with E-state index in [9.17, 15) is 4.79 Å². The van der Waals surface area contributed by atoms with E-state index in [0.717, 1.165) is 16.8 Å². The van der Waals surface area contributed by atoms with E-state index in [1.165, 1.54) is 7.11 Å². The maximum Gasteiger partial charge on any atom is 0.348 e. The zero-order valence-corrected chi connectivity index (χ0v) is 17.2. The Balaban J connectivity index is 1.99. The maximum atomic E-state index is 12.9. The van der Waals surface area contributed by atoms with Gasteiger partial charge in [0.1, 0.15) is 17.1 Å². The highest BCUT2D eigenvalue weighted by molar-refractivity contribution is 5.94. The van der Waals surface area contributed by atoms with Crippen LogP contribution >= 0.6 is 0 Å². The second-order valence-corrected chi connectivity index (χ2v) is 6.56. The molecule has 0 radical (unpaired) electrons. The predicted octanol–water partition coefficient (Wildman–Crippen LogP) is 3.87. The molecule has 0 amide bonds. The largest absolute Gasteiger partial charge is 0.497 e. The quantitative estimate of drug-likeness (QED) is 0.565. The topological polar surface area (TPSA) is 71.8 Å². The number of carbonyl (C=O) groups is 1. The van der Waals surface area contributed by atoms with Crippen molar-refractivity contribution in [2.45, 2.75) is 20.5 Å². The number of ether oxygens (including phenoxy) is 4. The van der Waals surface area contributed by atoms with Crippen LogP contribution in [0.25, 0.3) is 5.69 Å². The van der Waals surface area contributed by atoms with Gasteiger partial charge in [0.2, 0.25) is 5.88 Å². The Labute approximate surface area is 169 Å². The highest BCUT2D eigenvalue weighted by Gasteiger charge is 2.20. The number of aryl methyl sites for hydroxylation is 2. The van der Waals surface area contributed by atoms with Crippen molar-refractivity contribution in [2.24, 2.45) is 0 Å². The summed E-state index contributed by atoms with van der Waals surface area (Å²) >= 11 is 0. The second kappa shape index (κ2) is 8.79. The van der Waals surface area contributed by atoms with E-state index < -0.39 is 5.97 Å². The Bertz CT molecular complexity index is 1030. The van der Waals surface area contributed by atoms with E-state index >= 15 is 0 Å². The summed E-state index contributed by atoms with van der Waals surface area (Å²) in [6.07, 6.45) is 0. The molecule has 1 aromatic heterocycles. The van der Waals surface area contributed by atoms with Gasteiger partial charge in [-0.05, 0) is 37.6 Å². The average Bonchev–Trinajstić information content (AvgIpc) is 3.09. The van der Waals surface area contributed by atoms with Crippen LogP contribution in [-0.4, -0.2) is 37.1 Å². The number of hydrogen-bond acceptors (Lipinski definition) is 6. The number of hydrogen-bond donors (Lipinski definition) is 0. The van der Waals surface area contributed by atoms with Gasteiger partial charge in [0.15, 0.2) is 0 Å². The van der Waals surface area contributed by atoms with E-state index in [-0.39, 0.29) is 5.56 Å². The van der Waals surface area contributed by atoms with Crippen LogP contribution in [0, 0.1) is 13.8 Å². The molecule has 3 rings (SSSR count). The zero-order valence-electron chi connectivity index (χ0n) is 17.2. The fraction of sp³-hybridized carbons (Fsp3) is 0.273. The van der Waals surface area contributed by atoms with E-state index in [2.05, 4.69) is 5.10 Å². The third-order valence-electron chi connectivity index (χ3n) is 4.43. The molecule has 1 heterocycles. The molecule has 0 aliphatic heterocycles. The second-order valence-electron chi connectivity index (χ2n) is 6.56. The van der Waals surface area contributed by atoms with Crippen LogP contribution in [0.5, 0.6) is 17.4 Å². The molecule has 0 saturated heterocycles. The molecule has 0 unspecified atom stereocenters. The number of carbonyl (C=O) groups excluding carboxylic acids is 1. The molecule has 0 N–H and O–H groups in total. The summed E-state index contributed by atoms with van der Waals surface area (Å²) in [4.78, 5) is 12.9. The molecule has 152 valence electrons. The Morgan fingerprint density at radius 3 is 2.45 bits per heavy atom. The first kappa shape index (κ1) is 20.4. The molecule has 0 aliphatic carbocycles. The molecular formula is C22H24N2O5. The van der Waals surface area contributed by atoms with Crippen LogP contribution in [0.1, 0.15) is 27.2 Å². The first-order valence-electron chi connectivity index (χ1n) is 9.06. The van der Waals surface area contributed by atoms with Gasteiger partial charge in [-0.25, -0.2) is 4.79 Å². The highest BCUT2D eigenvalue weighted by Crippen LogP contribution is 2.28. The van der Waals surface area contributed by atoms with E-state index in [4.69, 9.17) is 18.9 Å². The van der Waals surface area contributed by atoms with Gasteiger partial charge in [0, 0.05) is 19.2 Å². The molecular weight excluding hydrogens is 372 g/mol. The number of esters is 1. The lowest BCUT2D eigenvalue weighted by Crippen LogP contribution is -2.13. The van der Waals surface area contributed by atoms with E-state index in [1.807, 2.05) is 32.0 Å². The van der Waals surface area contributed by atoms with Crippen molar-refractivity contribution in [1.29, 1.82) is 0 Å². The standard InChI is InChI=1S/C22H24N2O5/c1-14-6-9-19(15(2)10-14)24-21(11-16(23-24)13-26-3)29-22(25)18-8-7-17(27-4)12-20(18)28-5/h6-12H,13H2,1-5H3. The SMILES string of the molecule is COCc1cc(OC(=O)c2ccc(OC)cc2OC)n(-c2ccc(C)cc2C)n1. The summed E-state index contributed by atoms with van der Waals surface area (Å²) < 4.78 is 23.0. The van der Waals surface area contributed by atoms with Crippen LogP contribution < -0.4 is 14.2 Å².